The number of carbonyl (C=O) groups is 4. The smallest absolute Gasteiger partial charge is 0.368 e. The molecule has 0 spiro atoms. The molecule has 0 aromatic carbocycles. The maximum absolute atomic E-state index is 11.6. The number of halogens is 2. The molecule has 0 saturated carbocycles. The standard InChI is InChI=1S/C12H12N2O2.C4H4Cl2O2.C4H5N.C4H9.Li/c15-11(13-7-1-2-8-13)5-6-12(16)14-9-3-4-10-14;5-3(7)1-2-4(6)8;1-2-4-5-3-1;1-3-4-2;/h1-4,7-10H,5-6H2;1-2H2;1-5H;1,3-4H2,2H3;/q;;;-1;+1. The molecule has 0 fully saturated rings. The van der Waals surface area contributed by atoms with Crippen LogP contribution in [0.25, 0.3) is 0 Å². The molecule has 0 aliphatic heterocycles. The van der Waals surface area contributed by atoms with E-state index in [9.17, 15) is 19.2 Å². The molecule has 0 amide bonds. The number of unbranched alkanes of at least 4 members (excludes halogenated alkanes) is 1. The van der Waals surface area contributed by atoms with Crippen LogP contribution >= 0.6 is 23.2 Å². The van der Waals surface area contributed by atoms with Gasteiger partial charge in [-0.3, -0.25) is 28.3 Å². The van der Waals surface area contributed by atoms with Gasteiger partial charge in [-0.25, -0.2) is 0 Å². The van der Waals surface area contributed by atoms with Gasteiger partial charge in [-0.15, -0.1) is 0 Å². The van der Waals surface area contributed by atoms with Gasteiger partial charge >= 0.3 is 18.9 Å². The van der Waals surface area contributed by atoms with Crippen LogP contribution in [-0.2, 0) is 9.59 Å². The summed E-state index contributed by atoms with van der Waals surface area (Å²) in [5.41, 5.74) is 0. The van der Waals surface area contributed by atoms with Crippen LogP contribution in [0.3, 0.4) is 0 Å². The van der Waals surface area contributed by atoms with Gasteiger partial charge in [-0.05, 0) is 59.6 Å². The van der Waals surface area contributed by atoms with E-state index in [2.05, 4.69) is 18.8 Å². The first kappa shape index (κ1) is 33.9. The van der Waals surface area contributed by atoms with E-state index in [4.69, 9.17) is 23.2 Å². The van der Waals surface area contributed by atoms with Crippen molar-refractivity contribution in [2.75, 3.05) is 0 Å². The summed E-state index contributed by atoms with van der Waals surface area (Å²) in [4.78, 5) is 45.8. The molecule has 3 aromatic rings. The van der Waals surface area contributed by atoms with Gasteiger partial charge in [0, 0.05) is 62.9 Å². The molecule has 0 atom stereocenters. The molecule has 3 heterocycles. The van der Waals surface area contributed by atoms with Gasteiger partial charge in [0.15, 0.2) is 0 Å². The number of nitrogens with zero attached hydrogens (tertiary/aromatic N) is 2. The summed E-state index contributed by atoms with van der Waals surface area (Å²) in [5.74, 6) is -0.129. The van der Waals surface area contributed by atoms with Crippen molar-refractivity contribution < 1.29 is 38.0 Å². The van der Waals surface area contributed by atoms with Crippen LogP contribution in [0.1, 0.15) is 55.0 Å². The Hall–Kier alpha value is -2.30. The molecule has 1 N–H and O–H groups in total. The summed E-state index contributed by atoms with van der Waals surface area (Å²) < 4.78 is 2.98. The molecule has 0 unspecified atom stereocenters. The van der Waals surface area contributed by atoms with E-state index in [1.807, 2.05) is 24.5 Å². The Balaban J connectivity index is 0. The minimum absolute atomic E-state index is 0. The first-order chi connectivity index (χ1) is 15.8. The Bertz CT molecular complexity index is 817. The summed E-state index contributed by atoms with van der Waals surface area (Å²) in [6.07, 6.45) is 13.3. The average Bonchev–Trinajstić information content (AvgIpc) is 3.60. The number of H-pyrrole nitrogens is 1. The fraction of sp³-hybridized carbons (Fsp3) is 0.292. The SMILES string of the molecule is O=C(CCC(=O)n1cccc1)n1cccc1.O=C(Cl)CCC(=O)Cl.[CH2-]CCC.[Li+].c1cc[nH]c1. The summed E-state index contributed by atoms with van der Waals surface area (Å²) in [6.45, 7) is 5.72. The van der Waals surface area contributed by atoms with E-state index in [1.165, 1.54) is 15.6 Å². The molecule has 0 bridgehead atoms. The normalized spacial score (nSPS) is 8.94. The average molecular weight is 502 g/mol. The monoisotopic (exact) mass is 501 g/mol. The molecule has 0 saturated heterocycles. The van der Waals surface area contributed by atoms with E-state index in [0.717, 1.165) is 6.42 Å². The Morgan fingerprint density at radius 2 is 1.03 bits per heavy atom. The third kappa shape index (κ3) is 19.2. The van der Waals surface area contributed by atoms with Crippen LogP contribution in [0.2, 0.25) is 0 Å². The quantitative estimate of drug-likeness (QED) is 0.306. The zero-order valence-electron chi connectivity index (χ0n) is 19.7. The second-order valence-electron chi connectivity index (χ2n) is 6.42. The van der Waals surface area contributed by atoms with E-state index >= 15 is 0 Å². The molecule has 0 aliphatic rings. The van der Waals surface area contributed by atoms with Crippen molar-refractivity contribution in [3.63, 3.8) is 0 Å². The van der Waals surface area contributed by atoms with E-state index in [-0.39, 0.29) is 56.4 Å². The predicted octanol–water partition coefficient (Wildman–Crippen LogP) is 2.99. The summed E-state index contributed by atoms with van der Waals surface area (Å²) in [7, 11) is 0. The minimum Gasteiger partial charge on any atom is -0.368 e. The number of hydrogen-bond donors (Lipinski definition) is 1. The van der Waals surface area contributed by atoms with Gasteiger partial charge in [-0.1, -0.05) is 13.3 Å². The van der Waals surface area contributed by atoms with Gasteiger partial charge in [0.1, 0.15) is 0 Å². The predicted molar refractivity (Wildman–Crippen MR) is 131 cm³/mol. The Labute approximate surface area is 223 Å². The number of nitrogens with one attached hydrogen (secondary N) is 1. The van der Waals surface area contributed by atoms with Crippen molar-refractivity contribution in [1.29, 1.82) is 0 Å². The molecule has 3 aromatic heterocycles. The largest absolute Gasteiger partial charge is 1.00 e. The van der Waals surface area contributed by atoms with Crippen molar-refractivity contribution in [2.24, 2.45) is 0 Å². The molecule has 3 rings (SSSR count). The number of carbonyl (C=O) groups excluding carboxylic acids is 4. The van der Waals surface area contributed by atoms with Crippen molar-refractivity contribution in [3.8, 4) is 0 Å². The van der Waals surface area contributed by atoms with Gasteiger partial charge in [0.05, 0.1) is 0 Å². The minimum atomic E-state index is -0.529. The summed E-state index contributed by atoms with van der Waals surface area (Å²) in [6, 6.07) is 11.0. The second kappa shape index (κ2) is 22.5. The van der Waals surface area contributed by atoms with Crippen molar-refractivity contribution >= 4 is 45.5 Å². The Kier molecular flexibility index (Phi) is 22.4. The maximum atomic E-state index is 11.6. The van der Waals surface area contributed by atoms with E-state index in [1.54, 1.807) is 49.1 Å². The van der Waals surface area contributed by atoms with Crippen LogP contribution in [0, 0.1) is 6.92 Å². The van der Waals surface area contributed by atoms with Gasteiger partial charge in [0.2, 0.25) is 22.3 Å². The molecule has 34 heavy (non-hydrogen) atoms. The number of hydrogen-bond acceptors (Lipinski definition) is 4. The van der Waals surface area contributed by atoms with E-state index in [0.29, 0.717) is 0 Å². The van der Waals surface area contributed by atoms with Crippen LogP contribution in [0.15, 0.2) is 73.6 Å². The summed E-state index contributed by atoms with van der Waals surface area (Å²) in [5, 5.41) is -1.06. The van der Waals surface area contributed by atoms with Gasteiger partial charge in [-0.2, -0.15) is 6.42 Å². The van der Waals surface area contributed by atoms with Crippen molar-refractivity contribution in [1.82, 2.24) is 14.1 Å². The van der Waals surface area contributed by atoms with Crippen molar-refractivity contribution in [3.05, 3.63) is 80.5 Å². The fourth-order valence-electron chi connectivity index (χ4n) is 1.95. The van der Waals surface area contributed by atoms with E-state index < -0.39 is 10.5 Å². The molecule has 7 nitrogen and oxygen atoms in total. The zero-order chi connectivity index (χ0) is 24.9. The van der Waals surface area contributed by atoms with Gasteiger partial charge in [0.25, 0.3) is 0 Å². The molecule has 10 heteroatoms. The Morgan fingerprint density at radius 1 is 0.706 bits per heavy atom. The first-order valence-corrected chi connectivity index (χ1v) is 11.1. The third-order valence-electron chi connectivity index (χ3n) is 3.71. The number of aromatic nitrogens is 3. The van der Waals surface area contributed by atoms with Crippen LogP contribution < -0.4 is 18.9 Å². The second-order valence-corrected chi connectivity index (χ2v) is 7.26. The molecular formula is C24H30Cl2LiN3O4. The molecule has 0 radical (unpaired) electrons. The number of aromatic amines is 1. The number of rotatable bonds is 7. The molecule has 180 valence electrons. The van der Waals surface area contributed by atoms with Crippen LogP contribution in [0.4, 0.5) is 0 Å². The fourth-order valence-corrected chi connectivity index (χ4v) is 2.14. The first-order valence-electron chi connectivity index (χ1n) is 10.4. The van der Waals surface area contributed by atoms with Crippen LogP contribution in [-0.4, -0.2) is 36.4 Å². The Morgan fingerprint density at radius 3 is 1.24 bits per heavy atom. The summed E-state index contributed by atoms with van der Waals surface area (Å²) >= 11 is 9.74. The zero-order valence-corrected chi connectivity index (χ0v) is 21.2. The van der Waals surface area contributed by atoms with Crippen molar-refractivity contribution in [2.45, 2.75) is 45.4 Å². The molecular weight excluding hydrogens is 472 g/mol. The molecule has 0 aliphatic carbocycles. The van der Waals surface area contributed by atoms with Crippen LogP contribution in [0.5, 0.6) is 0 Å². The topological polar surface area (TPSA) is 93.9 Å². The maximum Gasteiger partial charge on any atom is 1.00 e. The van der Waals surface area contributed by atoms with Gasteiger partial charge < -0.3 is 11.9 Å². The third-order valence-corrected chi connectivity index (χ3v) is 4.08.